The average molecular weight is 345 g/mol. The molecule has 1 aromatic carbocycles. The highest BCUT2D eigenvalue weighted by molar-refractivity contribution is 6.08. The lowest BCUT2D eigenvalue weighted by molar-refractivity contribution is -0.173. The van der Waals surface area contributed by atoms with Gasteiger partial charge in [-0.15, -0.1) is 5.92 Å². The number of aliphatic hydroxyl groups is 1. The smallest absolute Gasteiger partial charge is 0.262 e. The van der Waals surface area contributed by atoms with Gasteiger partial charge in [0.2, 0.25) is 0 Å². The zero-order valence-corrected chi connectivity index (χ0v) is 14.9. The molecule has 25 heavy (non-hydrogen) atoms. The van der Waals surface area contributed by atoms with E-state index in [0.29, 0.717) is 18.0 Å². The minimum absolute atomic E-state index is 0.0694. The number of methoxy groups -OCH3 is 1. The number of ether oxygens (including phenoxy) is 3. The number of hydrogen-bond donors (Lipinski definition) is 1. The molecule has 134 valence electrons. The first-order valence-corrected chi connectivity index (χ1v) is 8.24. The van der Waals surface area contributed by atoms with Crippen LogP contribution < -0.4 is 9.64 Å². The van der Waals surface area contributed by atoms with Crippen molar-refractivity contribution in [3.8, 4) is 17.6 Å². The van der Waals surface area contributed by atoms with Crippen LogP contribution in [0, 0.1) is 11.8 Å². The van der Waals surface area contributed by atoms with Gasteiger partial charge in [-0.1, -0.05) is 5.92 Å². The van der Waals surface area contributed by atoms with Gasteiger partial charge in [-0.25, -0.2) is 0 Å². The predicted molar refractivity (Wildman–Crippen MR) is 92.2 cm³/mol. The molecular formula is C19H23NO5. The lowest BCUT2D eigenvalue weighted by atomic mass is 9.76. The van der Waals surface area contributed by atoms with E-state index in [-0.39, 0.29) is 12.3 Å². The fourth-order valence-electron chi connectivity index (χ4n) is 3.38. The van der Waals surface area contributed by atoms with E-state index < -0.39 is 23.5 Å². The Bertz CT molecular complexity index is 718. The highest BCUT2D eigenvalue weighted by Crippen LogP contribution is 2.43. The first kappa shape index (κ1) is 17.7. The van der Waals surface area contributed by atoms with Gasteiger partial charge < -0.3 is 24.2 Å². The van der Waals surface area contributed by atoms with E-state index in [0.717, 1.165) is 0 Å². The Morgan fingerprint density at radius 3 is 2.56 bits per heavy atom. The molecule has 0 aromatic heterocycles. The third-order valence-corrected chi connectivity index (χ3v) is 4.62. The summed E-state index contributed by atoms with van der Waals surface area (Å²) < 4.78 is 16.7. The molecule has 1 amide bonds. The normalized spacial score (nSPS) is 30.4. The van der Waals surface area contributed by atoms with Gasteiger partial charge in [0.05, 0.1) is 13.7 Å². The Morgan fingerprint density at radius 1 is 1.36 bits per heavy atom. The Kier molecular flexibility index (Phi) is 4.50. The SMILES string of the molecule is CC#CC[C@]1(O)C(=O)N(c2ccc(OC)cc2)[C@H]1[C@H]1COC(C)(C)O1. The molecule has 3 atom stereocenters. The summed E-state index contributed by atoms with van der Waals surface area (Å²) >= 11 is 0. The molecule has 6 nitrogen and oxygen atoms in total. The first-order valence-electron chi connectivity index (χ1n) is 8.24. The van der Waals surface area contributed by atoms with Crippen molar-refractivity contribution in [3.05, 3.63) is 24.3 Å². The number of amides is 1. The standard InChI is InChI=1S/C19H23NO5/c1-5-6-11-19(22)16(15-12-24-18(2,3)25-15)20(17(19)21)13-7-9-14(23-4)10-8-13/h7-10,15-16,22H,11-12H2,1-4H3/t15-,16+,19-/m1/s1. The minimum Gasteiger partial charge on any atom is -0.497 e. The van der Waals surface area contributed by atoms with Gasteiger partial charge in [0.1, 0.15) is 17.9 Å². The quantitative estimate of drug-likeness (QED) is 0.665. The van der Waals surface area contributed by atoms with Crippen LogP contribution in [0.4, 0.5) is 5.69 Å². The zero-order chi connectivity index (χ0) is 18.2. The summed E-state index contributed by atoms with van der Waals surface area (Å²) in [6, 6.07) is 6.57. The molecule has 0 aliphatic carbocycles. The van der Waals surface area contributed by atoms with Crippen molar-refractivity contribution < 1.29 is 24.1 Å². The van der Waals surface area contributed by atoms with Crippen molar-refractivity contribution in [3.63, 3.8) is 0 Å². The van der Waals surface area contributed by atoms with Crippen molar-refractivity contribution in [2.45, 2.75) is 50.7 Å². The van der Waals surface area contributed by atoms with E-state index >= 15 is 0 Å². The van der Waals surface area contributed by atoms with E-state index in [9.17, 15) is 9.90 Å². The van der Waals surface area contributed by atoms with Crippen LogP contribution in [-0.2, 0) is 14.3 Å². The van der Waals surface area contributed by atoms with Gasteiger partial charge in [0.15, 0.2) is 11.4 Å². The maximum absolute atomic E-state index is 12.8. The van der Waals surface area contributed by atoms with Crippen LogP contribution in [-0.4, -0.2) is 48.3 Å². The maximum atomic E-state index is 12.8. The Labute approximate surface area is 147 Å². The Morgan fingerprint density at radius 2 is 2.04 bits per heavy atom. The summed E-state index contributed by atoms with van der Waals surface area (Å²) in [6.45, 7) is 5.62. The minimum atomic E-state index is -1.57. The fraction of sp³-hybridized carbons (Fsp3) is 0.526. The van der Waals surface area contributed by atoms with Crippen LogP contribution >= 0.6 is 0 Å². The zero-order valence-electron chi connectivity index (χ0n) is 14.9. The average Bonchev–Trinajstić information content (AvgIpc) is 2.96. The molecule has 0 saturated carbocycles. The Hall–Kier alpha value is -2.07. The molecule has 0 unspecified atom stereocenters. The molecule has 2 aliphatic heterocycles. The molecule has 2 saturated heterocycles. The van der Waals surface area contributed by atoms with Crippen molar-refractivity contribution in [1.82, 2.24) is 0 Å². The number of rotatable bonds is 4. The van der Waals surface area contributed by atoms with Crippen LogP contribution in [0.1, 0.15) is 27.2 Å². The second kappa shape index (κ2) is 6.34. The lowest BCUT2D eigenvalue weighted by Crippen LogP contribution is -2.78. The Balaban J connectivity index is 1.92. The molecule has 3 rings (SSSR count). The highest BCUT2D eigenvalue weighted by atomic mass is 16.7. The molecule has 1 N–H and O–H groups in total. The summed E-state index contributed by atoms with van der Waals surface area (Å²) in [5, 5.41) is 11.0. The molecule has 0 radical (unpaired) electrons. The van der Waals surface area contributed by atoms with Crippen molar-refractivity contribution in [2.75, 3.05) is 18.6 Å². The van der Waals surface area contributed by atoms with Crippen LogP contribution in [0.2, 0.25) is 0 Å². The van der Waals surface area contributed by atoms with Crippen LogP contribution in [0.25, 0.3) is 0 Å². The highest BCUT2D eigenvalue weighted by Gasteiger charge is 2.64. The number of hydrogen-bond acceptors (Lipinski definition) is 5. The molecule has 1 aromatic rings. The number of benzene rings is 1. The largest absolute Gasteiger partial charge is 0.497 e. The second-order valence-electron chi connectivity index (χ2n) is 6.71. The van der Waals surface area contributed by atoms with E-state index in [1.165, 1.54) is 0 Å². The molecule has 0 spiro atoms. The molecule has 2 fully saturated rings. The molecular weight excluding hydrogens is 322 g/mol. The number of β-lactam (4-membered cyclic amide) rings is 1. The fourth-order valence-corrected chi connectivity index (χ4v) is 3.38. The second-order valence-corrected chi connectivity index (χ2v) is 6.71. The van der Waals surface area contributed by atoms with E-state index in [1.807, 2.05) is 13.8 Å². The van der Waals surface area contributed by atoms with E-state index in [4.69, 9.17) is 14.2 Å². The summed E-state index contributed by atoms with van der Waals surface area (Å²) in [6.07, 6.45) is -0.363. The van der Waals surface area contributed by atoms with Crippen LogP contribution in [0.15, 0.2) is 24.3 Å². The first-order chi connectivity index (χ1) is 11.8. The van der Waals surface area contributed by atoms with Gasteiger partial charge in [0.25, 0.3) is 5.91 Å². The van der Waals surface area contributed by atoms with E-state index in [2.05, 4.69) is 11.8 Å². The van der Waals surface area contributed by atoms with Gasteiger partial charge in [-0.2, -0.15) is 0 Å². The van der Waals surface area contributed by atoms with Crippen molar-refractivity contribution >= 4 is 11.6 Å². The molecule has 6 heteroatoms. The number of nitrogens with zero attached hydrogens (tertiary/aromatic N) is 1. The molecule has 2 heterocycles. The van der Waals surface area contributed by atoms with Crippen molar-refractivity contribution in [1.29, 1.82) is 0 Å². The number of anilines is 1. The predicted octanol–water partition coefficient (Wildman–Crippen LogP) is 1.71. The summed E-state index contributed by atoms with van der Waals surface area (Å²) in [5.41, 5.74) is -0.893. The van der Waals surface area contributed by atoms with Gasteiger partial charge in [-0.05, 0) is 45.0 Å². The number of carbonyl (C=O) groups excluding carboxylic acids is 1. The topological polar surface area (TPSA) is 68.2 Å². The van der Waals surface area contributed by atoms with Crippen molar-refractivity contribution in [2.24, 2.45) is 0 Å². The lowest BCUT2D eigenvalue weighted by Gasteiger charge is -2.54. The maximum Gasteiger partial charge on any atom is 0.262 e. The van der Waals surface area contributed by atoms with Crippen LogP contribution in [0.3, 0.4) is 0 Å². The van der Waals surface area contributed by atoms with E-state index in [1.54, 1.807) is 43.2 Å². The van der Waals surface area contributed by atoms with Gasteiger partial charge in [0, 0.05) is 12.1 Å². The third-order valence-electron chi connectivity index (χ3n) is 4.62. The summed E-state index contributed by atoms with van der Waals surface area (Å²) in [7, 11) is 1.58. The van der Waals surface area contributed by atoms with Gasteiger partial charge in [-0.3, -0.25) is 4.79 Å². The van der Waals surface area contributed by atoms with Gasteiger partial charge >= 0.3 is 0 Å². The third kappa shape index (κ3) is 2.99. The summed E-state index contributed by atoms with van der Waals surface area (Å²) in [4.78, 5) is 14.3. The summed E-state index contributed by atoms with van der Waals surface area (Å²) in [5.74, 6) is 5.14. The molecule has 2 aliphatic rings. The number of carbonyl (C=O) groups is 1. The van der Waals surface area contributed by atoms with Crippen LogP contribution in [0.5, 0.6) is 5.75 Å². The molecule has 0 bridgehead atoms. The monoisotopic (exact) mass is 345 g/mol.